The number of pyridine rings is 1. The zero-order chi connectivity index (χ0) is 15.0. The molecule has 1 amide bonds. The Hall–Kier alpha value is -1.63. The van der Waals surface area contributed by atoms with Crippen molar-refractivity contribution in [1.82, 2.24) is 10.3 Å². The molecule has 1 N–H and O–H groups in total. The van der Waals surface area contributed by atoms with E-state index in [0.29, 0.717) is 0 Å². The SMILES string of the molecule is CCC(C)(NC(=O)c1cnc2ccsc2c1)C(F)(F)F. The average Bonchev–Trinajstić information content (AvgIpc) is 2.84. The summed E-state index contributed by atoms with van der Waals surface area (Å²) in [5.41, 5.74) is -1.39. The Morgan fingerprint density at radius 1 is 1.45 bits per heavy atom. The third kappa shape index (κ3) is 2.63. The Morgan fingerprint density at radius 3 is 2.75 bits per heavy atom. The zero-order valence-electron chi connectivity index (χ0n) is 10.9. The van der Waals surface area contributed by atoms with Crippen molar-refractivity contribution in [2.24, 2.45) is 0 Å². The van der Waals surface area contributed by atoms with Crippen LogP contribution in [0.4, 0.5) is 13.2 Å². The van der Waals surface area contributed by atoms with Crippen molar-refractivity contribution >= 4 is 27.5 Å². The van der Waals surface area contributed by atoms with E-state index in [0.717, 1.165) is 17.1 Å². The molecule has 20 heavy (non-hydrogen) atoms. The fraction of sp³-hybridized carbons (Fsp3) is 0.385. The summed E-state index contributed by atoms with van der Waals surface area (Å²) in [5.74, 6) is -0.769. The number of amides is 1. The van der Waals surface area contributed by atoms with Crippen LogP contribution in [-0.2, 0) is 0 Å². The highest BCUT2D eigenvalue weighted by Crippen LogP contribution is 2.33. The highest BCUT2D eigenvalue weighted by Gasteiger charge is 2.50. The lowest BCUT2D eigenvalue weighted by Gasteiger charge is -2.31. The molecule has 0 aromatic carbocycles. The highest BCUT2D eigenvalue weighted by atomic mass is 32.1. The second-order valence-corrected chi connectivity index (χ2v) is 5.61. The standard InChI is InChI=1S/C13H13F3N2OS/c1-3-12(2,13(14,15)16)18-11(19)8-6-10-9(17-7-8)4-5-20-10/h4-7H,3H2,1-2H3,(H,18,19). The molecule has 108 valence electrons. The molecular formula is C13H13F3N2OS. The molecule has 0 radical (unpaired) electrons. The van der Waals surface area contributed by atoms with E-state index in [1.165, 1.54) is 24.5 Å². The number of carbonyl (C=O) groups excluding carboxylic acids is 1. The monoisotopic (exact) mass is 302 g/mol. The first kappa shape index (κ1) is 14.8. The molecule has 1 unspecified atom stereocenters. The molecule has 0 spiro atoms. The summed E-state index contributed by atoms with van der Waals surface area (Å²) in [4.78, 5) is 16.0. The fourth-order valence-corrected chi connectivity index (χ4v) is 2.43. The minimum absolute atomic E-state index is 0.129. The number of rotatable bonds is 3. The number of aromatic nitrogens is 1. The number of fused-ring (bicyclic) bond motifs is 1. The van der Waals surface area contributed by atoms with Crippen molar-refractivity contribution in [3.63, 3.8) is 0 Å². The van der Waals surface area contributed by atoms with Gasteiger partial charge in [0.25, 0.3) is 5.91 Å². The summed E-state index contributed by atoms with van der Waals surface area (Å²) in [7, 11) is 0. The zero-order valence-corrected chi connectivity index (χ0v) is 11.7. The van der Waals surface area contributed by atoms with Gasteiger partial charge in [0.2, 0.25) is 0 Å². The lowest BCUT2D eigenvalue weighted by Crippen LogP contribution is -2.56. The van der Waals surface area contributed by atoms with Gasteiger partial charge in [-0.3, -0.25) is 9.78 Å². The van der Waals surface area contributed by atoms with Crippen molar-refractivity contribution in [2.75, 3.05) is 0 Å². The van der Waals surface area contributed by atoms with Crippen LogP contribution in [0.25, 0.3) is 10.2 Å². The first-order chi connectivity index (χ1) is 9.27. The predicted molar refractivity (Wildman–Crippen MR) is 71.8 cm³/mol. The number of nitrogens with zero attached hydrogens (tertiary/aromatic N) is 1. The molecule has 0 aliphatic heterocycles. The predicted octanol–water partition coefficient (Wildman–Crippen LogP) is 3.76. The number of thiophene rings is 1. The molecule has 0 bridgehead atoms. The van der Waals surface area contributed by atoms with Crippen LogP contribution in [-0.4, -0.2) is 22.6 Å². The van der Waals surface area contributed by atoms with Gasteiger partial charge in [0.05, 0.1) is 15.8 Å². The number of carbonyl (C=O) groups is 1. The van der Waals surface area contributed by atoms with E-state index in [-0.39, 0.29) is 12.0 Å². The maximum atomic E-state index is 13.0. The molecule has 0 saturated carbocycles. The molecule has 0 saturated heterocycles. The van der Waals surface area contributed by atoms with Gasteiger partial charge >= 0.3 is 6.18 Å². The van der Waals surface area contributed by atoms with E-state index >= 15 is 0 Å². The highest BCUT2D eigenvalue weighted by molar-refractivity contribution is 7.17. The minimum atomic E-state index is -4.50. The number of alkyl halides is 3. The van der Waals surface area contributed by atoms with Crippen molar-refractivity contribution in [2.45, 2.75) is 32.0 Å². The molecule has 0 fully saturated rings. The molecule has 2 rings (SSSR count). The number of hydrogen-bond donors (Lipinski definition) is 1. The number of halogens is 3. The van der Waals surface area contributed by atoms with Crippen LogP contribution in [0.1, 0.15) is 30.6 Å². The molecule has 0 aliphatic carbocycles. The third-order valence-electron chi connectivity index (χ3n) is 3.29. The smallest absolute Gasteiger partial charge is 0.338 e. The summed E-state index contributed by atoms with van der Waals surface area (Å²) in [5, 5.41) is 3.87. The van der Waals surface area contributed by atoms with Crippen molar-refractivity contribution < 1.29 is 18.0 Å². The average molecular weight is 302 g/mol. The summed E-state index contributed by atoms with van der Waals surface area (Å²) >= 11 is 1.38. The van der Waals surface area contributed by atoms with Crippen LogP contribution in [0.2, 0.25) is 0 Å². The van der Waals surface area contributed by atoms with Crippen molar-refractivity contribution in [3.05, 3.63) is 29.3 Å². The van der Waals surface area contributed by atoms with Gasteiger partial charge in [-0.05, 0) is 30.9 Å². The van der Waals surface area contributed by atoms with Crippen molar-refractivity contribution in [3.8, 4) is 0 Å². The van der Waals surface area contributed by atoms with Crippen LogP contribution in [0.15, 0.2) is 23.7 Å². The van der Waals surface area contributed by atoms with Gasteiger partial charge < -0.3 is 5.32 Å². The fourth-order valence-electron chi connectivity index (χ4n) is 1.65. The molecular weight excluding hydrogens is 289 g/mol. The molecule has 2 aromatic heterocycles. The largest absolute Gasteiger partial charge is 0.411 e. The second kappa shape index (κ2) is 5.05. The van der Waals surface area contributed by atoms with E-state index in [1.807, 2.05) is 5.38 Å². The maximum absolute atomic E-state index is 13.0. The van der Waals surface area contributed by atoms with Crippen LogP contribution in [0.5, 0.6) is 0 Å². The molecule has 7 heteroatoms. The van der Waals surface area contributed by atoms with Gasteiger partial charge in [-0.15, -0.1) is 11.3 Å². The Morgan fingerprint density at radius 2 is 2.15 bits per heavy atom. The molecule has 2 heterocycles. The quantitative estimate of drug-likeness (QED) is 0.938. The van der Waals surface area contributed by atoms with Crippen LogP contribution < -0.4 is 5.32 Å². The number of nitrogens with one attached hydrogen (secondary N) is 1. The first-order valence-electron chi connectivity index (χ1n) is 5.99. The molecule has 1 atom stereocenters. The number of hydrogen-bond acceptors (Lipinski definition) is 3. The molecule has 2 aromatic rings. The van der Waals surface area contributed by atoms with Crippen LogP contribution >= 0.6 is 11.3 Å². The third-order valence-corrected chi connectivity index (χ3v) is 4.14. The molecule has 0 aliphatic rings. The van der Waals surface area contributed by atoms with E-state index < -0.39 is 17.6 Å². The summed E-state index contributed by atoms with van der Waals surface area (Å²) in [6, 6.07) is 3.34. The minimum Gasteiger partial charge on any atom is -0.338 e. The second-order valence-electron chi connectivity index (χ2n) is 4.67. The lowest BCUT2D eigenvalue weighted by molar-refractivity contribution is -0.188. The lowest BCUT2D eigenvalue weighted by atomic mass is 9.97. The van der Waals surface area contributed by atoms with Gasteiger partial charge in [-0.1, -0.05) is 6.92 Å². The Bertz CT molecular complexity index is 638. The van der Waals surface area contributed by atoms with Gasteiger partial charge in [-0.25, -0.2) is 0 Å². The maximum Gasteiger partial charge on any atom is 0.411 e. The Labute approximate surface area is 117 Å². The van der Waals surface area contributed by atoms with Crippen LogP contribution in [0.3, 0.4) is 0 Å². The van der Waals surface area contributed by atoms with Gasteiger partial charge in [0.15, 0.2) is 0 Å². The summed E-state index contributed by atoms with van der Waals surface area (Å²) < 4.78 is 39.6. The summed E-state index contributed by atoms with van der Waals surface area (Å²) in [6.45, 7) is 2.36. The Kier molecular flexibility index (Phi) is 3.73. The van der Waals surface area contributed by atoms with E-state index in [9.17, 15) is 18.0 Å². The summed E-state index contributed by atoms with van der Waals surface area (Å²) in [6.07, 6.45) is -3.45. The van der Waals surface area contributed by atoms with Crippen molar-refractivity contribution in [1.29, 1.82) is 0 Å². The van der Waals surface area contributed by atoms with Gasteiger partial charge in [0.1, 0.15) is 5.54 Å². The topological polar surface area (TPSA) is 42.0 Å². The van der Waals surface area contributed by atoms with Gasteiger partial charge in [0, 0.05) is 6.20 Å². The molecule has 3 nitrogen and oxygen atoms in total. The van der Waals surface area contributed by atoms with Gasteiger partial charge in [-0.2, -0.15) is 13.2 Å². The normalized spacial score (nSPS) is 15.1. The van der Waals surface area contributed by atoms with E-state index in [4.69, 9.17) is 0 Å². The Balaban J connectivity index is 2.27. The van der Waals surface area contributed by atoms with Crippen LogP contribution in [0, 0.1) is 0 Å². The van der Waals surface area contributed by atoms with E-state index in [2.05, 4.69) is 10.3 Å². The van der Waals surface area contributed by atoms with E-state index in [1.54, 1.807) is 12.1 Å². The first-order valence-corrected chi connectivity index (χ1v) is 6.87.